The second-order valence-electron chi connectivity index (χ2n) is 5.87. The van der Waals surface area contributed by atoms with Gasteiger partial charge in [0.05, 0.1) is 0 Å². The molecule has 2 nitrogen and oxygen atoms in total. The maximum Gasteiger partial charge on any atom is 1.00 e. The second-order valence-corrected chi connectivity index (χ2v) is 5.87. The second kappa shape index (κ2) is 8.99. The monoisotopic (exact) mass is 318 g/mol. The van der Waals surface area contributed by atoms with Gasteiger partial charge in [0, 0.05) is 11.9 Å². The van der Waals surface area contributed by atoms with E-state index < -0.39 is 0 Å². The molecule has 2 aromatic rings. The van der Waals surface area contributed by atoms with Crippen molar-refractivity contribution in [3.8, 4) is 0 Å². The predicted octanol–water partition coefficient (Wildman–Crippen LogP) is 3.01. The molecule has 0 unspecified atom stereocenters. The summed E-state index contributed by atoms with van der Waals surface area (Å²) in [5, 5.41) is 4.81. The van der Waals surface area contributed by atoms with Gasteiger partial charge in [-0.1, -0.05) is 63.1 Å². The Bertz CT molecular complexity index is 592. The van der Waals surface area contributed by atoms with Crippen LogP contribution in [0.15, 0.2) is 49.2 Å². The Kier molecular flexibility index (Phi) is 8.01. The van der Waals surface area contributed by atoms with E-state index in [-0.39, 0.29) is 51.4 Å². The van der Waals surface area contributed by atoms with Crippen molar-refractivity contribution < 1.29 is 51.4 Å². The van der Waals surface area contributed by atoms with Crippen molar-refractivity contribution in [1.29, 1.82) is 0 Å². The molecule has 0 aliphatic heterocycles. The molecule has 0 atom stereocenters. The SMILES string of the molecule is C=C([N-]c1c(C(C)C)cccc1C(C)C)c1ccccn1.[K+]. The molecular formula is C19H23KN2. The zero-order valence-corrected chi connectivity index (χ0v) is 17.4. The number of benzene rings is 1. The molecular weight excluding hydrogens is 295 g/mol. The number of nitrogens with zero attached hydrogens (tertiary/aromatic N) is 2. The van der Waals surface area contributed by atoms with E-state index in [0.717, 1.165) is 11.4 Å². The molecule has 0 fully saturated rings. The summed E-state index contributed by atoms with van der Waals surface area (Å²) in [5.74, 6) is 0.859. The first-order valence-corrected chi connectivity index (χ1v) is 7.45. The summed E-state index contributed by atoms with van der Waals surface area (Å²) < 4.78 is 0. The van der Waals surface area contributed by atoms with Gasteiger partial charge < -0.3 is 5.32 Å². The van der Waals surface area contributed by atoms with E-state index in [9.17, 15) is 0 Å². The minimum absolute atomic E-state index is 0. The third-order valence-electron chi connectivity index (χ3n) is 3.55. The summed E-state index contributed by atoms with van der Waals surface area (Å²) in [6.07, 6.45) is 1.77. The van der Waals surface area contributed by atoms with Crippen LogP contribution in [0.3, 0.4) is 0 Å². The normalized spacial score (nSPS) is 10.5. The first kappa shape index (κ1) is 19.6. The van der Waals surface area contributed by atoms with Gasteiger partial charge in [0.1, 0.15) is 0 Å². The number of para-hydroxylation sites is 1. The van der Waals surface area contributed by atoms with Gasteiger partial charge in [0.2, 0.25) is 0 Å². The number of hydrogen-bond acceptors (Lipinski definition) is 1. The first-order chi connectivity index (χ1) is 10.0. The molecule has 2 rings (SSSR count). The van der Waals surface area contributed by atoms with E-state index in [1.165, 1.54) is 11.1 Å². The molecule has 0 bridgehead atoms. The van der Waals surface area contributed by atoms with Crippen LogP contribution in [0.2, 0.25) is 0 Å². The Morgan fingerprint density at radius 3 is 2.00 bits per heavy atom. The van der Waals surface area contributed by atoms with Crippen LogP contribution in [0.1, 0.15) is 56.4 Å². The minimum atomic E-state index is 0. The molecule has 0 aliphatic carbocycles. The zero-order chi connectivity index (χ0) is 15.4. The first-order valence-electron chi connectivity index (χ1n) is 7.45. The Morgan fingerprint density at radius 1 is 0.955 bits per heavy atom. The van der Waals surface area contributed by atoms with Crippen molar-refractivity contribution in [2.75, 3.05) is 0 Å². The van der Waals surface area contributed by atoms with Crippen LogP contribution in [0.5, 0.6) is 0 Å². The van der Waals surface area contributed by atoms with E-state index in [0.29, 0.717) is 17.5 Å². The molecule has 0 spiro atoms. The minimum Gasteiger partial charge on any atom is -0.656 e. The zero-order valence-electron chi connectivity index (χ0n) is 14.3. The Balaban J connectivity index is 0.00000242. The maximum atomic E-state index is 4.81. The summed E-state index contributed by atoms with van der Waals surface area (Å²) in [5.41, 5.74) is 5.12. The van der Waals surface area contributed by atoms with Crippen LogP contribution in [0.4, 0.5) is 5.69 Å². The van der Waals surface area contributed by atoms with Gasteiger partial charge in [-0.25, -0.2) is 0 Å². The van der Waals surface area contributed by atoms with Crippen LogP contribution in [-0.4, -0.2) is 4.98 Å². The smallest absolute Gasteiger partial charge is 0.656 e. The Labute approximate surface area is 176 Å². The molecule has 0 radical (unpaired) electrons. The van der Waals surface area contributed by atoms with Gasteiger partial charge in [-0.15, -0.1) is 18.0 Å². The van der Waals surface area contributed by atoms with Crippen LogP contribution in [-0.2, 0) is 0 Å². The van der Waals surface area contributed by atoms with Crippen LogP contribution in [0, 0.1) is 0 Å². The molecule has 0 saturated heterocycles. The summed E-state index contributed by atoms with van der Waals surface area (Å²) in [7, 11) is 0. The third kappa shape index (κ3) is 4.77. The van der Waals surface area contributed by atoms with E-state index in [4.69, 9.17) is 5.32 Å². The molecule has 22 heavy (non-hydrogen) atoms. The van der Waals surface area contributed by atoms with Gasteiger partial charge in [0.25, 0.3) is 0 Å². The fraction of sp³-hybridized carbons (Fsp3) is 0.316. The van der Waals surface area contributed by atoms with Crippen molar-refractivity contribution in [1.82, 2.24) is 4.98 Å². The molecule has 0 saturated carbocycles. The molecule has 3 heteroatoms. The Morgan fingerprint density at radius 2 is 1.55 bits per heavy atom. The summed E-state index contributed by atoms with van der Waals surface area (Å²) >= 11 is 0. The van der Waals surface area contributed by atoms with Gasteiger partial charge in [0.15, 0.2) is 0 Å². The van der Waals surface area contributed by atoms with Crippen molar-refractivity contribution in [3.05, 3.63) is 71.3 Å². The van der Waals surface area contributed by atoms with Gasteiger partial charge in [-0.2, -0.15) is 0 Å². The number of hydrogen-bond donors (Lipinski definition) is 0. The van der Waals surface area contributed by atoms with E-state index in [1.54, 1.807) is 6.20 Å². The maximum absolute atomic E-state index is 4.81. The van der Waals surface area contributed by atoms with Crippen molar-refractivity contribution in [2.24, 2.45) is 0 Å². The van der Waals surface area contributed by atoms with Crippen molar-refractivity contribution in [2.45, 2.75) is 39.5 Å². The van der Waals surface area contributed by atoms with Gasteiger partial charge >= 0.3 is 51.4 Å². The number of rotatable bonds is 5. The molecule has 1 aromatic carbocycles. The van der Waals surface area contributed by atoms with Gasteiger partial charge in [-0.3, -0.25) is 4.98 Å². The third-order valence-corrected chi connectivity index (χ3v) is 3.55. The van der Waals surface area contributed by atoms with Crippen molar-refractivity contribution >= 4 is 11.4 Å². The van der Waals surface area contributed by atoms with Crippen LogP contribution >= 0.6 is 0 Å². The quantitative estimate of drug-likeness (QED) is 0.779. The van der Waals surface area contributed by atoms with E-state index in [1.807, 2.05) is 18.2 Å². The largest absolute Gasteiger partial charge is 1.00 e. The van der Waals surface area contributed by atoms with E-state index >= 15 is 0 Å². The molecule has 110 valence electrons. The topological polar surface area (TPSA) is 27.0 Å². The fourth-order valence-electron chi connectivity index (χ4n) is 2.37. The molecule has 0 amide bonds. The van der Waals surface area contributed by atoms with E-state index in [2.05, 4.69) is 57.5 Å². The standard InChI is InChI=1S/C19H23N2.K/c1-13(2)16-9-8-10-17(14(3)4)19(16)21-15(5)18-11-6-7-12-20-18;/h6-14H,5H2,1-4H3;/q-1;+1. The Hall–Kier alpha value is -0.454. The number of aromatic nitrogens is 1. The number of pyridine rings is 1. The summed E-state index contributed by atoms with van der Waals surface area (Å²) in [6, 6.07) is 12.2. The molecule has 0 aliphatic rings. The summed E-state index contributed by atoms with van der Waals surface area (Å²) in [4.78, 5) is 4.33. The fourth-order valence-corrected chi connectivity index (χ4v) is 2.37. The molecule has 1 aromatic heterocycles. The predicted molar refractivity (Wildman–Crippen MR) is 90.9 cm³/mol. The van der Waals surface area contributed by atoms with Crippen LogP contribution < -0.4 is 51.4 Å². The average Bonchev–Trinajstić information content (AvgIpc) is 2.47. The summed E-state index contributed by atoms with van der Waals surface area (Å²) in [6.45, 7) is 12.9. The molecule has 0 N–H and O–H groups in total. The van der Waals surface area contributed by atoms with Crippen LogP contribution in [0.25, 0.3) is 11.0 Å². The molecule has 1 heterocycles. The average molecular weight is 319 g/mol. The van der Waals surface area contributed by atoms with Crippen molar-refractivity contribution in [3.63, 3.8) is 0 Å². The van der Waals surface area contributed by atoms with Gasteiger partial charge in [-0.05, 0) is 24.0 Å².